The van der Waals surface area contributed by atoms with E-state index in [9.17, 15) is 4.79 Å². The summed E-state index contributed by atoms with van der Waals surface area (Å²) >= 11 is 3.46. The number of rotatable bonds is 4. The molecule has 1 aromatic carbocycles. The molecule has 1 aliphatic heterocycles. The van der Waals surface area contributed by atoms with E-state index in [-0.39, 0.29) is 11.9 Å². The van der Waals surface area contributed by atoms with Crippen LogP contribution in [0.15, 0.2) is 33.3 Å². The zero-order valence-electron chi connectivity index (χ0n) is 13.5. The Labute approximate surface area is 145 Å². The standard InChI is InChI=1S/C18H21BrN2O2/c1-12-16(13(2)23-20-12)9-10-18(22)21-11-3-4-17(21)14-5-7-15(19)8-6-14/h5-8,17H,3-4,9-11H2,1-2H3/t17-/m1/s1. The van der Waals surface area contributed by atoms with Gasteiger partial charge in [-0.1, -0.05) is 33.2 Å². The Kier molecular flexibility index (Phi) is 4.85. The molecule has 0 N–H and O–H groups in total. The van der Waals surface area contributed by atoms with Crippen molar-refractivity contribution < 1.29 is 9.32 Å². The summed E-state index contributed by atoms with van der Waals surface area (Å²) in [7, 11) is 0. The fraction of sp³-hybridized carbons (Fsp3) is 0.444. The Morgan fingerprint density at radius 3 is 2.74 bits per heavy atom. The van der Waals surface area contributed by atoms with Crippen molar-refractivity contribution in [3.8, 4) is 0 Å². The van der Waals surface area contributed by atoms with Gasteiger partial charge in [-0.05, 0) is 50.8 Å². The van der Waals surface area contributed by atoms with Crippen molar-refractivity contribution in [2.45, 2.75) is 45.6 Å². The SMILES string of the molecule is Cc1noc(C)c1CCC(=O)N1CCC[C@@H]1c1ccc(Br)cc1. The summed E-state index contributed by atoms with van der Waals surface area (Å²) in [4.78, 5) is 14.7. The number of aryl methyl sites for hydroxylation is 2. The maximum Gasteiger partial charge on any atom is 0.223 e. The van der Waals surface area contributed by atoms with Crippen molar-refractivity contribution in [2.24, 2.45) is 0 Å². The molecular weight excluding hydrogens is 356 g/mol. The molecule has 0 radical (unpaired) electrons. The van der Waals surface area contributed by atoms with E-state index in [0.717, 1.165) is 40.9 Å². The number of carbonyl (C=O) groups excluding carboxylic acids is 1. The molecule has 0 spiro atoms. The molecule has 23 heavy (non-hydrogen) atoms. The Morgan fingerprint density at radius 1 is 1.35 bits per heavy atom. The predicted octanol–water partition coefficient (Wildman–Crippen LogP) is 4.35. The highest BCUT2D eigenvalue weighted by Gasteiger charge is 2.29. The molecule has 1 aromatic heterocycles. The lowest BCUT2D eigenvalue weighted by Gasteiger charge is -2.25. The van der Waals surface area contributed by atoms with E-state index < -0.39 is 0 Å². The van der Waals surface area contributed by atoms with Crippen LogP contribution in [0.5, 0.6) is 0 Å². The lowest BCUT2D eigenvalue weighted by atomic mass is 10.0. The van der Waals surface area contributed by atoms with Crippen LogP contribution in [0.3, 0.4) is 0 Å². The zero-order valence-corrected chi connectivity index (χ0v) is 15.1. The van der Waals surface area contributed by atoms with E-state index in [1.54, 1.807) is 0 Å². The molecule has 1 amide bonds. The third kappa shape index (κ3) is 3.50. The van der Waals surface area contributed by atoms with Gasteiger partial charge >= 0.3 is 0 Å². The van der Waals surface area contributed by atoms with Crippen LogP contribution in [0.4, 0.5) is 0 Å². The third-order valence-corrected chi connectivity index (χ3v) is 5.13. The summed E-state index contributed by atoms with van der Waals surface area (Å²) in [5, 5.41) is 3.96. The number of hydrogen-bond acceptors (Lipinski definition) is 3. The first-order chi connectivity index (χ1) is 11.1. The van der Waals surface area contributed by atoms with Crippen molar-refractivity contribution in [3.63, 3.8) is 0 Å². The first-order valence-corrected chi connectivity index (χ1v) is 8.82. The minimum atomic E-state index is 0.209. The van der Waals surface area contributed by atoms with Crippen LogP contribution in [0.2, 0.25) is 0 Å². The summed E-state index contributed by atoms with van der Waals surface area (Å²) in [5.41, 5.74) is 3.18. The van der Waals surface area contributed by atoms with E-state index in [1.165, 1.54) is 5.56 Å². The summed E-state index contributed by atoms with van der Waals surface area (Å²) in [6.45, 7) is 4.68. The van der Waals surface area contributed by atoms with Crippen LogP contribution in [0.1, 0.15) is 47.9 Å². The number of aromatic nitrogens is 1. The van der Waals surface area contributed by atoms with Crippen molar-refractivity contribution >= 4 is 21.8 Å². The van der Waals surface area contributed by atoms with Gasteiger partial charge in [0.15, 0.2) is 0 Å². The average Bonchev–Trinajstić information content (AvgIpc) is 3.14. The van der Waals surface area contributed by atoms with Crippen LogP contribution in [0.25, 0.3) is 0 Å². The first kappa shape index (κ1) is 16.2. The molecular formula is C18H21BrN2O2. The summed E-state index contributed by atoms with van der Waals surface area (Å²) in [5.74, 6) is 1.04. The van der Waals surface area contributed by atoms with Gasteiger partial charge in [0.25, 0.3) is 0 Å². The molecule has 1 fully saturated rings. The Morgan fingerprint density at radius 2 is 2.09 bits per heavy atom. The molecule has 0 aliphatic carbocycles. The lowest BCUT2D eigenvalue weighted by Crippen LogP contribution is -2.30. The van der Waals surface area contributed by atoms with Crippen molar-refractivity contribution in [1.29, 1.82) is 0 Å². The summed E-state index contributed by atoms with van der Waals surface area (Å²) < 4.78 is 6.24. The molecule has 2 heterocycles. The van der Waals surface area contributed by atoms with Crippen LogP contribution >= 0.6 is 15.9 Å². The van der Waals surface area contributed by atoms with Crippen molar-refractivity contribution in [1.82, 2.24) is 10.1 Å². The van der Waals surface area contributed by atoms with Crippen molar-refractivity contribution in [3.05, 3.63) is 51.3 Å². The van der Waals surface area contributed by atoms with Gasteiger partial charge in [-0.2, -0.15) is 0 Å². The highest BCUT2D eigenvalue weighted by molar-refractivity contribution is 9.10. The molecule has 1 aliphatic rings. The fourth-order valence-corrected chi connectivity index (χ4v) is 3.60. The van der Waals surface area contributed by atoms with E-state index in [0.29, 0.717) is 12.8 Å². The van der Waals surface area contributed by atoms with Gasteiger partial charge in [0.05, 0.1) is 11.7 Å². The number of halogens is 1. The molecule has 0 unspecified atom stereocenters. The van der Waals surface area contributed by atoms with Crippen LogP contribution in [-0.2, 0) is 11.2 Å². The highest BCUT2D eigenvalue weighted by atomic mass is 79.9. The van der Waals surface area contributed by atoms with Gasteiger partial charge in [-0.25, -0.2) is 0 Å². The Balaban J connectivity index is 1.67. The van der Waals surface area contributed by atoms with Crippen LogP contribution in [0, 0.1) is 13.8 Å². The maximum atomic E-state index is 12.7. The first-order valence-electron chi connectivity index (χ1n) is 8.03. The topological polar surface area (TPSA) is 46.3 Å². The zero-order chi connectivity index (χ0) is 16.4. The molecule has 3 rings (SSSR count). The molecule has 0 saturated carbocycles. The number of carbonyl (C=O) groups is 1. The van der Waals surface area contributed by atoms with Crippen molar-refractivity contribution in [2.75, 3.05) is 6.54 Å². The number of amides is 1. The van der Waals surface area contributed by atoms with Gasteiger partial charge < -0.3 is 9.42 Å². The maximum absolute atomic E-state index is 12.7. The molecule has 5 heteroatoms. The van der Waals surface area contributed by atoms with Gasteiger partial charge in [0, 0.05) is 23.0 Å². The van der Waals surface area contributed by atoms with E-state index in [1.807, 2.05) is 30.9 Å². The second-order valence-electron chi connectivity index (χ2n) is 6.10. The second kappa shape index (κ2) is 6.87. The van der Waals surface area contributed by atoms with Crippen LogP contribution < -0.4 is 0 Å². The van der Waals surface area contributed by atoms with Gasteiger partial charge in [-0.3, -0.25) is 4.79 Å². The minimum absolute atomic E-state index is 0.209. The largest absolute Gasteiger partial charge is 0.361 e. The second-order valence-corrected chi connectivity index (χ2v) is 7.02. The number of hydrogen-bond donors (Lipinski definition) is 0. The molecule has 2 aromatic rings. The number of benzene rings is 1. The lowest BCUT2D eigenvalue weighted by molar-refractivity contribution is -0.132. The Bertz CT molecular complexity index is 674. The fourth-order valence-electron chi connectivity index (χ4n) is 3.33. The third-order valence-electron chi connectivity index (χ3n) is 4.60. The van der Waals surface area contributed by atoms with Gasteiger partial charge in [0.2, 0.25) is 5.91 Å². The predicted molar refractivity (Wildman–Crippen MR) is 92.1 cm³/mol. The normalized spacial score (nSPS) is 17.7. The Hall–Kier alpha value is -1.62. The van der Waals surface area contributed by atoms with E-state index in [4.69, 9.17) is 4.52 Å². The molecule has 0 bridgehead atoms. The average molecular weight is 377 g/mol. The number of nitrogens with zero attached hydrogens (tertiary/aromatic N) is 2. The molecule has 4 nitrogen and oxygen atoms in total. The monoisotopic (exact) mass is 376 g/mol. The summed E-state index contributed by atoms with van der Waals surface area (Å²) in [6, 6.07) is 8.50. The smallest absolute Gasteiger partial charge is 0.223 e. The highest BCUT2D eigenvalue weighted by Crippen LogP contribution is 2.33. The summed E-state index contributed by atoms with van der Waals surface area (Å²) in [6.07, 6.45) is 3.32. The van der Waals surface area contributed by atoms with Crippen LogP contribution in [-0.4, -0.2) is 22.5 Å². The molecule has 1 atom stereocenters. The van der Waals surface area contributed by atoms with Gasteiger partial charge in [0.1, 0.15) is 5.76 Å². The number of likely N-dealkylation sites (tertiary alicyclic amines) is 1. The van der Waals surface area contributed by atoms with Gasteiger partial charge in [-0.15, -0.1) is 0 Å². The quantitative estimate of drug-likeness (QED) is 0.796. The van der Waals surface area contributed by atoms with E-state index in [2.05, 4.69) is 33.2 Å². The van der Waals surface area contributed by atoms with E-state index >= 15 is 0 Å². The minimum Gasteiger partial charge on any atom is -0.361 e. The molecule has 1 saturated heterocycles. The molecule has 122 valence electrons.